The second-order valence-corrected chi connectivity index (χ2v) is 4.64. The Bertz CT molecular complexity index is 334. The minimum absolute atomic E-state index is 0.152. The Morgan fingerprint density at radius 2 is 1.60 bits per heavy atom. The SMILES string of the molecule is CC(C)(C)c1ccc(/C=C/B(O)O)cc1. The molecule has 0 amide bonds. The highest BCUT2D eigenvalue weighted by molar-refractivity contribution is 6.48. The standard InChI is InChI=1S/C12H17BO2/c1-12(2,3)11-6-4-10(5-7-11)8-9-13(14)15/h4-9,14-15H,1-3H3/b9-8+. The lowest BCUT2D eigenvalue weighted by atomic mass is 9.86. The van der Waals surface area contributed by atoms with Gasteiger partial charge >= 0.3 is 7.12 Å². The molecule has 15 heavy (non-hydrogen) atoms. The summed E-state index contributed by atoms with van der Waals surface area (Å²) in [6.45, 7) is 6.49. The topological polar surface area (TPSA) is 40.5 Å². The Morgan fingerprint density at radius 1 is 1.07 bits per heavy atom. The molecule has 2 N–H and O–H groups in total. The summed E-state index contributed by atoms with van der Waals surface area (Å²) in [7, 11) is -1.38. The van der Waals surface area contributed by atoms with Gasteiger partial charge < -0.3 is 10.0 Å². The zero-order valence-electron chi connectivity index (χ0n) is 9.44. The zero-order valence-corrected chi connectivity index (χ0v) is 9.44. The quantitative estimate of drug-likeness (QED) is 0.723. The molecule has 1 aromatic rings. The third-order valence-electron chi connectivity index (χ3n) is 2.24. The Balaban J connectivity index is 2.82. The molecule has 3 heteroatoms. The highest BCUT2D eigenvalue weighted by Gasteiger charge is 2.12. The van der Waals surface area contributed by atoms with Gasteiger partial charge in [0.1, 0.15) is 0 Å². The van der Waals surface area contributed by atoms with Crippen LogP contribution in [0.5, 0.6) is 0 Å². The Labute approximate surface area is 91.4 Å². The van der Waals surface area contributed by atoms with Crippen molar-refractivity contribution in [2.75, 3.05) is 0 Å². The van der Waals surface area contributed by atoms with Crippen LogP contribution < -0.4 is 0 Å². The largest absolute Gasteiger partial charge is 0.480 e. The van der Waals surface area contributed by atoms with E-state index in [1.807, 2.05) is 12.1 Å². The molecule has 0 aliphatic heterocycles. The maximum absolute atomic E-state index is 8.67. The first-order chi connectivity index (χ1) is 6.89. The van der Waals surface area contributed by atoms with Gasteiger partial charge in [-0.25, -0.2) is 0 Å². The lowest BCUT2D eigenvalue weighted by molar-refractivity contribution is 0.424. The summed E-state index contributed by atoms with van der Waals surface area (Å²) in [5, 5.41) is 17.3. The maximum atomic E-state index is 8.67. The molecule has 1 aromatic carbocycles. The van der Waals surface area contributed by atoms with Crippen molar-refractivity contribution >= 4 is 13.2 Å². The van der Waals surface area contributed by atoms with Crippen molar-refractivity contribution < 1.29 is 10.0 Å². The molecular weight excluding hydrogens is 187 g/mol. The van der Waals surface area contributed by atoms with Gasteiger partial charge in [0.25, 0.3) is 0 Å². The van der Waals surface area contributed by atoms with Gasteiger partial charge in [0.15, 0.2) is 0 Å². The lowest BCUT2D eigenvalue weighted by Crippen LogP contribution is -2.10. The van der Waals surface area contributed by atoms with Crippen molar-refractivity contribution in [3.05, 3.63) is 41.4 Å². The molecule has 2 nitrogen and oxygen atoms in total. The van der Waals surface area contributed by atoms with E-state index in [-0.39, 0.29) is 5.41 Å². The van der Waals surface area contributed by atoms with Gasteiger partial charge in [-0.1, -0.05) is 57.1 Å². The van der Waals surface area contributed by atoms with Crippen LogP contribution in [0.4, 0.5) is 0 Å². The summed E-state index contributed by atoms with van der Waals surface area (Å²) in [5.41, 5.74) is 2.39. The van der Waals surface area contributed by atoms with E-state index < -0.39 is 7.12 Å². The van der Waals surface area contributed by atoms with Crippen molar-refractivity contribution in [1.29, 1.82) is 0 Å². The van der Waals surface area contributed by atoms with Gasteiger partial charge in [0, 0.05) is 0 Å². The molecule has 0 atom stereocenters. The first-order valence-corrected chi connectivity index (χ1v) is 5.04. The fourth-order valence-corrected chi connectivity index (χ4v) is 1.29. The monoisotopic (exact) mass is 204 g/mol. The van der Waals surface area contributed by atoms with Crippen LogP contribution in [0.15, 0.2) is 30.2 Å². The van der Waals surface area contributed by atoms with E-state index >= 15 is 0 Å². The molecule has 80 valence electrons. The third kappa shape index (κ3) is 3.90. The Hall–Kier alpha value is -1.06. The number of benzene rings is 1. The third-order valence-corrected chi connectivity index (χ3v) is 2.24. The molecule has 1 rings (SSSR count). The minimum atomic E-state index is -1.38. The fraction of sp³-hybridized carbons (Fsp3) is 0.333. The van der Waals surface area contributed by atoms with E-state index in [4.69, 9.17) is 10.0 Å². The normalized spacial score (nSPS) is 12.1. The van der Waals surface area contributed by atoms with Crippen LogP contribution in [-0.4, -0.2) is 17.2 Å². The second kappa shape index (κ2) is 4.64. The molecule has 0 aliphatic rings. The molecule has 0 aliphatic carbocycles. The fourth-order valence-electron chi connectivity index (χ4n) is 1.29. The lowest BCUT2D eigenvalue weighted by Gasteiger charge is -2.18. The highest BCUT2D eigenvalue weighted by Crippen LogP contribution is 2.22. The molecule has 0 radical (unpaired) electrons. The van der Waals surface area contributed by atoms with E-state index in [9.17, 15) is 0 Å². The average Bonchev–Trinajstić information content (AvgIpc) is 2.14. The molecule has 0 fully saturated rings. The Morgan fingerprint density at radius 3 is 2.00 bits per heavy atom. The first-order valence-electron chi connectivity index (χ1n) is 5.04. The van der Waals surface area contributed by atoms with E-state index in [0.717, 1.165) is 5.56 Å². The number of rotatable bonds is 2. The number of hydrogen-bond donors (Lipinski definition) is 2. The van der Waals surface area contributed by atoms with Gasteiger partial charge in [-0.3, -0.25) is 0 Å². The smallest absolute Gasteiger partial charge is 0.424 e. The molecule has 0 spiro atoms. The summed E-state index contributed by atoms with van der Waals surface area (Å²) in [6, 6.07) is 8.06. The van der Waals surface area contributed by atoms with Gasteiger partial charge in [-0.2, -0.15) is 0 Å². The van der Waals surface area contributed by atoms with Crippen molar-refractivity contribution in [3.63, 3.8) is 0 Å². The Kier molecular flexibility index (Phi) is 3.72. The molecule has 0 saturated heterocycles. The molecule has 0 aromatic heterocycles. The van der Waals surface area contributed by atoms with Crippen LogP contribution in [0.25, 0.3) is 6.08 Å². The summed E-state index contributed by atoms with van der Waals surface area (Å²) in [4.78, 5) is 0. The molecule has 0 bridgehead atoms. The predicted molar refractivity (Wildman–Crippen MR) is 64.4 cm³/mol. The summed E-state index contributed by atoms with van der Waals surface area (Å²) in [5.74, 6) is 1.34. The molecule has 0 unspecified atom stereocenters. The van der Waals surface area contributed by atoms with Crippen molar-refractivity contribution in [3.8, 4) is 0 Å². The van der Waals surface area contributed by atoms with E-state index in [2.05, 4.69) is 32.9 Å². The van der Waals surface area contributed by atoms with Crippen LogP contribution in [0.1, 0.15) is 31.9 Å². The maximum Gasteiger partial charge on any atom is 0.480 e. The van der Waals surface area contributed by atoms with Gasteiger partial charge in [0.2, 0.25) is 0 Å². The first kappa shape index (κ1) is 12.0. The molecular formula is C12H17BO2. The van der Waals surface area contributed by atoms with Crippen LogP contribution in [0.2, 0.25) is 0 Å². The van der Waals surface area contributed by atoms with Gasteiger partial charge in [0.05, 0.1) is 0 Å². The van der Waals surface area contributed by atoms with E-state index in [0.29, 0.717) is 0 Å². The van der Waals surface area contributed by atoms with Crippen LogP contribution in [-0.2, 0) is 5.41 Å². The van der Waals surface area contributed by atoms with Crippen LogP contribution in [0, 0.1) is 0 Å². The van der Waals surface area contributed by atoms with E-state index in [1.165, 1.54) is 11.5 Å². The van der Waals surface area contributed by atoms with Gasteiger partial charge in [-0.15, -0.1) is 0 Å². The summed E-state index contributed by atoms with van der Waals surface area (Å²) in [6.07, 6.45) is 1.69. The van der Waals surface area contributed by atoms with Gasteiger partial charge in [-0.05, 0) is 16.5 Å². The average molecular weight is 204 g/mol. The van der Waals surface area contributed by atoms with Crippen LogP contribution in [0.3, 0.4) is 0 Å². The van der Waals surface area contributed by atoms with Crippen LogP contribution >= 0.6 is 0 Å². The zero-order chi connectivity index (χ0) is 11.5. The van der Waals surface area contributed by atoms with Crippen molar-refractivity contribution in [1.82, 2.24) is 0 Å². The number of hydrogen-bond acceptors (Lipinski definition) is 2. The predicted octanol–water partition coefficient (Wildman–Crippen LogP) is 2.01. The highest BCUT2D eigenvalue weighted by atomic mass is 16.4. The molecule has 0 saturated carbocycles. The van der Waals surface area contributed by atoms with Crippen molar-refractivity contribution in [2.24, 2.45) is 0 Å². The summed E-state index contributed by atoms with van der Waals surface area (Å²) < 4.78 is 0. The minimum Gasteiger partial charge on any atom is -0.424 e. The second-order valence-electron chi connectivity index (χ2n) is 4.64. The summed E-state index contributed by atoms with van der Waals surface area (Å²) >= 11 is 0. The van der Waals surface area contributed by atoms with E-state index in [1.54, 1.807) is 6.08 Å². The van der Waals surface area contributed by atoms with Crippen molar-refractivity contribution in [2.45, 2.75) is 26.2 Å². The molecule has 0 heterocycles.